The van der Waals surface area contributed by atoms with Crippen molar-refractivity contribution in [2.45, 2.75) is 64.3 Å². The van der Waals surface area contributed by atoms with Crippen LogP contribution < -0.4 is 11.2 Å². The van der Waals surface area contributed by atoms with Gasteiger partial charge in [-0.05, 0) is 53.7 Å². The van der Waals surface area contributed by atoms with Crippen LogP contribution >= 0.6 is 22.6 Å². The minimum Gasteiger partial charge on any atom is -0.414 e. The Morgan fingerprint density at radius 1 is 1.30 bits per heavy atom. The molecule has 0 saturated carbocycles. The van der Waals surface area contributed by atoms with E-state index in [9.17, 15) is 9.59 Å². The molecule has 0 aromatic carbocycles. The van der Waals surface area contributed by atoms with Gasteiger partial charge in [0.05, 0.1) is 16.2 Å². The fourth-order valence-electron chi connectivity index (χ4n) is 2.48. The summed E-state index contributed by atoms with van der Waals surface area (Å²) < 4.78 is 19.9. The summed E-state index contributed by atoms with van der Waals surface area (Å²) in [5, 5.41) is 0.0660. The standard InChI is InChI=1S/C18H29IN2O5Si/c1-7-24-15-9-8-13(21-10-12(19)16(22)20-17(21)23)14(26-15)11-25-27(5,6)18(2,3)4/h8-10,13-15H,7,11H2,1-6H3,(H,20,22,23)/t13-,14+,15-/m0/s1. The largest absolute Gasteiger partial charge is 0.414 e. The van der Waals surface area contributed by atoms with E-state index >= 15 is 0 Å². The van der Waals surface area contributed by atoms with Crippen LogP contribution in [-0.2, 0) is 13.9 Å². The van der Waals surface area contributed by atoms with E-state index in [1.165, 1.54) is 4.57 Å². The minimum atomic E-state index is -1.98. The lowest BCUT2D eigenvalue weighted by atomic mass is 10.1. The molecule has 2 rings (SSSR count). The molecule has 0 amide bonds. The van der Waals surface area contributed by atoms with E-state index in [0.29, 0.717) is 16.8 Å². The van der Waals surface area contributed by atoms with E-state index in [1.807, 2.05) is 35.6 Å². The molecule has 1 aliphatic heterocycles. The van der Waals surface area contributed by atoms with E-state index in [2.05, 4.69) is 38.8 Å². The van der Waals surface area contributed by atoms with E-state index in [-0.39, 0.29) is 16.6 Å². The number of ether oxygens (including phenoxy) is 2. The van der Waals surface area contributed by atoms with Crippen molar-refractivity contribution in [1.29, 1.82) is 0 Å². The number of aromatic amines is 1. The van der Waals surface area contributed by atoms with Gasteiger partial charge in [0.15, 0.2) is 14.6 Å². The smallest absolute Gasteiger partial charge is 0.329 e. The first-order chi connectivity index (χ1) is 12.5. The van der Waals surface area contributed by atoms with Crippen LogP contribution in [0, 0.1) is 3.57 Å². The number of nitrogens with zero attached hydrogens (tertiary/aromatic N) is 1. The first kappa shape index (κ1) is 22.5. The van der Waals surface area contributed by atoms with Crippen LogP contribution in [-0.4, -0.2) is 43.5 Å². The molecule has 0 radical (unpaired) electrons. The van der Waals surface area contributed by atoms with Crippen LogP contribution in [0.5, 0.6) is 0 Å². The van der Waals surface area contributed by atoms with Gasteiger partial charge in [-0.3, -0.25) is 14.3 Å². The van der Waals surface area contributed by atoms with Crippen molar-refractivity contribution in [1.82, 2.24) is 9.55 Å². The highest BCUT2D eigenvalue weighted by Gasteiger charge is 2.39. The Morgan fingerprint density at radius 2 is 1.96 bits per heavy atom. The Kier molecular flexibility index (Phi) is 7.28. The highest BCUT2D eigenvalue weighted by molar-refractivity contribution is 14.1. The number of hydrogen-bond donors (Lipinski definition) is 1. The van der Waals surface area contributed by atoms with Crippen molar-refractivity contribution in [2.24, 2.45) is 0 Å². The van der Waals surface area contributed by atoms with Crippen LogP contribution in [0.3, 0.4) is 0 Å². The van der Waals surface area contributed by atoms with Gasteiger partial charge in [0.1, 0.15) is 6.10 Å². The zero-order valence-electron chi connectivity index (χ0n) is 16.7. The zero-order valence-corrected chi connectivity index (χ0v) is 19.9. The molecule has 2 heterocycles. The van der Waals surface area contributed by atoms with Crippen LogP contribution in [0.15, 0.2) is 27.9 Å². The topological polar surface area (TPSA) is 82.6 Å². The lowest BCUT2D eigenvalue weighted by Crippen LogP contribution is -2.47. The molecule has 1 aromatic rings. The number of hydrogen-bond acceptors (Lipinski definition) is 5. The van der Waals surface area contributed by atoms with Crippen molar-refractivity contribution in [3.63, 3.8) is 0 Å². The number of rotatable bonds is 6. The second kappa shape index (κ2) is 8.72. The van der Waals surface area contributed by atoms with Crippen molar-refractivity contribution in [3.05, 3.63) is 42.8 Å². The fourth-order valence-corrected chi connectivity index (χ4v) is 3.93. The number of H-pyrrole nitrogens is 1. The SMILES string of the molecule is CCO[C@@H]1C=C[C@H](n2cc(I)c(=O)[nH]c2=O)[C@@H](CO[Si](C)(C)C(C)(C)C)O1. The molecular weight excluding hydrogens is 479 g/mol. The highest BCUT2D eigenvalue weighted by atomic mass is 127. The Labute approximate surface area is 174 Å². The first-order valence-electron chi connectivity index (χ1n) is 9.06. The average molecular weight is 508 g/mol. The summed E-state index contributed by atoms with van der Waals surface area (Å²) in [5.41, 5.74) is -0.857. The van der Waals surface area contributed by atoms with Gasteiger partial charge >= 0.3 is 5.69 Å². The van der Waals surface area contributed by atoms with Crippen molar-refractivity contribution in [2.75, 3.05) is 13.2 Å². The van der Waals surface area contributed by atoms with Gasteiger partial charge in [-0.1, -0.05) is 26.8 Å². The third kappa shape index (κ3) is 5.40. The molecule has 0 spiro atoms. The molecule has 3 atom stereocenters. The van der Waals surface area contributed by atoms with Gasteiger partial charge in [-0.2, -0.15) is 0 Å². The van der Waals surface area contributed by atoms with Crippen molar-refractivity contribution >= 4 is 30.9 Å². The molecule has 0 bridgehead atoms. The monoisotopic (exact) mass is 508 g/mol. The highest BCUT2D eigenvalue weighted by Crippen LogP contribution is 2.37. The molecule has 9 heteroatoms. The number of aromatic nitrogens is 2. The average Bonchev–Trinajstić information content (AvgIpc) is 2.56. The van der Waals surface area contributed by atoms with Gasteiger partial charge < -0.3 is 13.9 Å². The molecule has 1 N–H and O–H groups in total. The molecule has 0 aliphatic carbocycles. The molecule has 27 heavy (non-hydrogen) atoms. The summed E-state index contributed by atoms with van der Waals surface area (Å²) >= 11 is 1.91. The third-order valence-corrected chi connectivity index (χ3v) is 10.4. The summed E-state index contributed by atoms with van der Waals surface area (Å²) in [6, 6.07) is -0.385. The van der Waals surface area contributed by atoms with E-state index in [4.69, 9.17) is 13.9 Å². The number of nitrogens with one attached hydrogen (secondary N) is 1. The predicted molar refractivity (Wildman–Crippen MR) is 116 cm³/mol. The van der Waals surface area contributed by atoms with E-state index in [1.54, 1.807) is 12.3 Å². The van der Waals surface area contributed by atoms with E-state index in [0.717, 1.165) is 0 Å². The Morgan fingerprint density at radius 3 is 2.56 bits per heavy atom. The van der Waals surface area contributed by atoms with Crippen LogP contribution in [0.2, 0.25) is 18.1 Å². The summed E-state index contributed by atoms with van der Waals surface area (Å²) in [5.74, 6) is 0. The molecule has 1 aliphatic rings. The molecule has 152 valence electrons. The fraction of sp³-hybridized carbons (Fsp3) is 0.667. The normalized spacial score (nSPS) is 23.6. The maximum absolute atomic E-state index is 12.4. The van der Waals surface area contributed by atoms with Crippen LogP contribution in [0.1, 0.15) is 33.7 Å². The first-order valence-corrected chi connectivity index (χ1v) is 13.1. The van der Waals surface area contributed by atoms with Crippen LogP contribution in [0.4, 0.5) is 0 Å². The Balaban J connectivity index is 2.33. The van der Waals surface area contributed by atoms with Gasteiger partial charge in [0, 0.05) is 12.8 Å². The van der Waals surface area contributed by atoms with Crippen molar-refractivity contribution < 1.29 is 13.9 Å². The summed E-state index contributed by atoms with van der Waals surface area (Å²) in [6.07, 6.45) is 4.36. The van der Waals surface area contributed by atoms with Gasteiger partial charge in [-0.25, -0.2) is 4.79 Å². The van der Waals surface area contributed by atoms with Crippen LogP contribution in [0.25, 0.3) is 0 Å². The Hall–Kier alpha value is -0.753. The maximum atomic E-state index is 12.4. The van der Waals surface area contributed by atoms with Gasteiger partial charge in [0.25, 0.3) is 5.56 Å². The van der Waals surface area contributed by atoms with E-state index < -0.39 is 26.4 Å². The summed E-state index contributed by atoms with van der Waals surface area (Å²) in [7, 11) is -1.98. The Bertz CT molecular complexity index is 796. The molecule has 0 fully saturated rings. The molecule has 1 aromatic heterocycles. The van der Waals surface area contributed by atoms with Gasteiger partial charge in [-0.15, -0.1) is 0 Å². The lowest BCUT2D eigenvalue weighted by Gasteiger charge is -2.39. The zero-order chi connectivity index (χ0) is 20.4. The predicted octanol–water partition coefficient (Wildman–Crippen LogP) is 3.02. The molecule has 0 saturated heterocycles. The third-order valence-electron chi connectivity index (χ3n) is 5.15. The van der Waals surface area contributed by atoms with Gasteiger partial charge in [0.2, 0.25) is 0 Å². The second-order valence-corrected chi connectivity index (χ2v) is 14.1. The minimum absolute atomic E-state index is 0.0660. The maximum Gasteiger partial charge on any atom is 0.329 e. The summed E-state index contributed by atoms with van der Waals surface area (Å²) in [6.45, 7) is 13.6. The number of halogens is 1. The van der Waals surface area contributed by atoms with Crippen molar-refractivity contribution in [3.8, 4) is 0 Å². The lowest BCUT2D eigenvalue weighted by molar-refractivity contribution is -0.163. The quantitative estimate of drug-likeness (QED) is 0.363. The second-order valence-electron chi connectivity index (χ2n) is 8.09. The summed E-state index contributed by atoms with van der Waals surface area (Å²) in [4.78, 5) is 26.4. The molecule has 7 nitrogen and oxygen atoms in total. The molecule has 0 unspecified atom stereocenters. The molecular formula is C18H29IN2O5Si.